The Bertz CT molecular complexity index is 332. The van der Waals surface area contributed by atoms with Crippen LogP contribution in [0.4, 0.5) is 4.39 Å². The molecule has 2 aliphatic rings. The van der Waals surface area contributed by atoms with Crippen LogP contribution in [-0.4, -0.2) is 13.1 Å². The Labute approximate surface area is 77.0 Å². The smallest absolute Gasteiger partial charge is 0.123 e. The van der Waals surface area contributed by atoms with E-state index >= 15 is 0 Å². The number of benzene rings is 1. The third kappa shape index (κ3) is 0.953. The van der Waals surface area contributed by atoms with E-state index < -0.39 is 0 Å². The summed E-state index contributed by atoms with van der Waals surface area (Å²) in [6.45, 7) is 2.21. The highest BCUT2D eigenvalue weighted by Gasteiger charge is 2.57. The lowest BCUT2D eigenvalue weighted by molar-refractivity contribution is 0.622. The first kappa shape index (κ1) is 7.51. The molecule has 1 aromatic carbocycles. The molecule has 2 atom stereocenters. The first-order valence-corrected chi connectivity index (χ1v) is 4.78. The maximum atomic E-state index is 12.7. The molecule has 1 aliphatic carbocycles. The molecule has 2 heteroatoms. The Hall–Kier alpha value is -0.890. The monoisotopic (exact) mass is 177 g/mol. The lowest BCUT2D eigenvalue weighted by Gasteiger charge is -2.11. The lowest BCUT2D eigenvalue weighted by Crippen LogP contribution is -2.19. The quantitative estimate of drug-likeness (QED) is 0.688. The normalized spacial score (nSPS) is 35.9. The SMILES string of the molecule is Fc1ccc([C@@]23CNC[C@H]2C3)cc1. The number of halogens is 1. The van der Waals surface area contributed by atoms with Crippen LogP contribution in [0.2, 0.25) is 0 Å². The largest absolute Gasteiger partial charge is 0.316 e. The molecule has 1 saturated carbocycles. The third-order valence-electron chi connectivity index (χ3n) is 3.48. The minimum Gasteiger partial charge on any atom is -0.316 e. The minimum atomic E-state index is -0.136. The fourth-order valence-electron chi connectivity index (χ4n) is 2.57. The predicted molar refractivity (Wildman–Crippen MR) is 49.1 cm³/mol. The van der Waals surface area contributed by atoms with Crippen molar-refractivity contribution in [2.24, 2.45) is 5.92 Å². The van der Waals surface area contributed by atoms with Crippen molar-refractivity contribution >= 4 is 0 Å². The predicted octanol–water partition coefficient (Wildman–Crippen LogP) is 1.69. The molecule has 2 fully saturated rings. The summed E-state index contributed by atoms with van der Waals surface area (Å²) in [6, 6.07) is 7.00. The third-order valence-corrected chi connectivity index (χ3v) is 3.48. The molecular weight excluding hydrogens is 165 g/mol. The summed E-state index contributed by atoms with van der Waals surface area (Å²) >= 11 is 0. The van der Waals surface area contributed by atoms with E-state index in [-0.39, 0.29) is 5.82 Å². The van der Waals surface area contributed by atoms with Crippen molar-refractivity contribution in [2.75, 3.05) is 13.1 Å². The maximum absolute atomic E-state index is 12.7. The number of piperidine rings is 1. The molecule has 0 radical (unpaired) electrons. The van der Waals surface area contributed by atoms with Gasteiger partial charge in [0.25, 0.3) is 0 Å². The second-order valence-corrected chi connectivity index (χ2v) is 4.19. The molecule has 68 valence electrons. The summed E-state index contributed by atoms with van der Waals surface area (Å²) in [5, 5.41) is 3.38. The van der Waals surface area contributed by atoms with E-state index in [1.807, 2.05) is 12.1 Å². The second kappa shape index (κ2) is 2.32. The summed E-state index contributed by atoms with van der Waals surface area (Å²) < 4.78 is 12.7. The van der Waals surface area contributed by atoms with Crippen LogP contribution in [0, 0.1) is 11.7 Å². The van der Waals surface area contributed by atoms with Gasteiger partial charge in [-0.15, -0.1) is 0 Å². The zero-order valence-electron chi connectivity index (χ0n) is 7.39. The van der Waals surface area contributed by atoms with E-state index in [1.54, 1.807) is 12.1 Å². The Kier molecular flexibility index (Phi) is 1.34. The topological polar surface area (TPSA) is 12.0 Å². The van der Waals surface area contributed by atoms with Crippen LogP contribution in [0.5, 0.6) is 0 Å². The van der Waals surface area contributed by atoms with Gasteiger partial charge in [-0.25, -0.2) is 4.39 Å². The van der Waals surface area contributed by atoms with Gasteiger partial charge in [0.05, 0.1) is 0 Å². The summed E-state index contributed by atoms with van der Waals surface area (Å²) in [7, 11) is 0. The van der Waals surface area contributed by atoms with Crippen molar-refractivity contribution in [1.29, 1.82) is 0 Å². The van der Waals surface area contributed by atoms with Crippen molar-refractivity contribution < 1.29 is 4.39 Å². The zero-order valence-corrected chi connectivity index (χ0v) is 7.39. The van der Waals surface area contributed by atoms with Crippen molar-refractivity contribution in [3.63, 3.8) is 0 Å². The van der Waals surface area contributed by atoms with Gasteiger partial charge in [0.2, 0.25) is 0 Å². The van der Waals surface area contributed by atoms with Crippen molar-refractivity contribution in [3.05, 3.63) is 35.6 Å². The van der Waals surface area contributed by atoms with Gasteiger partial charge >= 0.3 is 0 Å². The van der Waals surface area contributed by atoms with Gasteiger partial charge in [0.1, 0.15) is 5.82 Å². The first-order valence-electron chi connectivity index (χ1n) is 4.78. The number of nitrogens with one attached hydrogen (secondary N) is 1. The van der Waals surface area contributed by atoms with Crippen molar-refractivity contribution in [2.45, 2.75) is 11.8 Å². The molecule has 0 spiro atoms. The Balaban J connectivity index is 1.97. The highest BCUT2D eigenvalue weighted by molar-refractivity contribution is 5.36. The van der Waals surface area contributed by atoms with Crippen LogP contribution in [0.25, 0.3) is 0 Å². The molecule has 1 heterocycles. The fourth-order valence-corrected chi connectivity index (χ4v) is 2.57. The van der Waals surface area contributed by atoms with Crippen LogP contribution < -0.4 is 5.32 Å². The van der Waals surface area contributed by atoms with Crippen LogP contribution in [0.15, 0.2) is 24.3 Å². The average molecular weight is 177 g/mol. The molecule has 1 N–H and O–H groups in total. The Morgan fingerprint density at radius 1 is 1.31 bits per heavy atom. The van der Waals surface area contributed by atoms with Gasteiger partial charge < -0.3 is 5.32 Å². The summed E-state index contributed by atoms with van der Waals surface area (Å²) in [5.74, 6) is 0.668. The summed E-state index contributed by atoms with van der Waals surface area (Å²) in [5.41, 5.74) is 1.68. The lowest BCUT2D eigenvalue weighted by atomic mass is 9.95. The number of hydrogen-bond acceptors (Lipinski definition) is 1. The highest BCUT2D eigenvalue weighted by Crippen LogP contribution is 2.56. The molecule has 0 amide bonds. The molecule has 0 bridgehead atoms. The Morgan fingerprint density at radius 3 is 2.62 bits per heavy atom. The van der Waals surface area contributed by atoms with Crippen molar-refractivity contribution in [3.8, 4) is 0 Å². The van der Waals surface area contributed by atoms with Crippen LogP contribution in [0.1, 0.15) is 12.0 Å². The van der Waals surface area contributed by atoms with Crippen LogP contribution >= 0.6 is 0 Å². The second-order valence-electron chi connectivity index (χ2n) is 4.19. The number of fused-ring (bicyclic) bond motifs is 1. The van der Waals surface area contributed by atoms with Gasteiger partial charge in [-0.1, -0.05) is 12.1 Å². The Morgan fingerprint density at radius 2 is 2.08 bits per heavy atom. The average Bonchev–Trinajstić information content (AvgIpc) is 2.71. The van der Waals surface area contributed by atoms with Gasteiger partial charge in [-0.3, -0.25) is 0 Å². The molecular formula is C11H12FN. The van der Waals surface area contributed by atoms with E-state index in [4.69, 9.17) is 0 Å². The van der Waals surface area contributed by atoms with E-state index in [0.29, 0.717) is 5.41 Å². The van der Waals surface area contributed by atoms with Gasteiger partial charge in [-0.05, 0) is 36.6 Å². The zero-order chi connectivity index (χ0) is 8.89. The molecule has 1 aliphatic heterocycles. The van der Waals surface area contributed by atoms with E-state index in [2.05, 4.69) is 5.32 Å². The van der Waals surface area contributed by atoms with Gasteiger partial charge in [0, 0.05) is 12.0 Å². The summed E-state index contributed by atoms with van der Waals surface area (Å²) in [4.78, 5) is 0. The molecule has 13 heavy (non-hydrogen) atoms. The maximum Gasteiger partial charge on any atom is 0.123 e. The highest BCUT2D eigenvalue weighted by atomic mass is 19.1. The molecule has 1 aromatic rings. The standard InChI is InChI=1S/C11H12FN/c12-10-3-1-8(2-4-10)11-5-9(11)6-13-7-11/h1-4,9,13H,5-7H2/t9-,11-/m1/s1. The minimum absolute atomic E-state index is 0.136. The van der Waals surface area contributed by atoms with E-state index in [9.17, 15) is 4.39 Å². The molecule has 1 saturated heterocycles. The van der Waals surface area contributed by atoms with Crippen LogP contribution in [0.3, 0.4) is 0 Å². The van der Waals surface area contributed by atoms with Gasteiger partial charge in [0.15, 0.2) is 0 Å². The van der Waals surface area contributed by atoms with E-state index in [0.717, 1.165) is 19.0 Å². The van der Waals surface area contributed by atoms with Crippen LogP contribution in [-0.2, 0) is 5.41 Å². The molecule has 0 aromatic heterocycles. The number of rotatable bonds is 1. The molecule has 3 rings (SSSR count). The fraction of sp³-hybridized carbons (Fsp3) is 0.455. The van der Waals surface area contributed by atoms with Gasteiger partial charge in [-0.2, -0.15) is 0 Å². The number of hydrogen-bond donors (Lipinski definition) is 1. The summed E-state index contributed by atoms with van der Waals surface area (Å²) in [6.07, 6.45) is 1.28. The molecule has 1 nitrogen and oxygen atoms in total. The molecule has 0 unspecified atom stereocenters. The van der Waals surface area contributed by atoms with Crippen molar-refractivity contribution in [1.82, 2.24) is 5.32 Å². The first-order chi connectivity index (χ1) is 6.31. The van der Waals surface area contributed by atoms with E-state index in [1.165, 1.54) is 12.0 Å².